The Labute approximate surface area is 118 Å². The lowest BCUT2D eigenvalue weighted by molar-refractivity contribution is -0.260. The van der Waals surface area contributed by atoms with Crippen LogP contribution in [0.1, 0.15) is 6.92 Å². The fourth-order valence-electron chi connectivity index (χ4n) is 1.42. The standard InChI is InChI=1S/C14H16BNO4/c1-12(16)19-20-15(17-13-8-4-2-5-9-13)18-14-10-6-3-7-11-14/h2-12H,16H2,1H3. The van der Waals surface area contributed by atoms with E-state index in [2.05, 4.69) is 0 Å². The molecule has 2 rings (SSSR count). The van der Waals surface area contributed by atoms with E-state index in [1.165, 1.54) is 0 Å². The second-order valence-electron chi connectivity index (χ2n) is 4.05. The second kappa shape index (κ2) is 7.54. The predicted octanol–water partition coefficient (Wildman–Crippen LogP) is 2.38. The summed E-state index contributed by atoms with van der Waals surface area (Å²) in [6, 6.07) is 18.3. The maximum atomic E-state index is 5.54. The minimum Gasteiger partial charge on any atom is -0.499 e. The van der Waals surface area contributed by atoms with Crippen LogP contribution in [-0.4, -0.2) is 13.5 Å². The molecule has 0 aliphatic rings. The molecule has 0 aromatic heterocycles. The minimum atomic E-state index is -1.05. The Bertz CT molecular complexity index is 454. The number of hydrogen-bond donors (Lipinski definition) is 1. The van der Waals surface area contributed by atoms with Crippen molar-refractivity contribution in [3.63, 3.8) is 0 Å². The molecule has 0 radical (unpaired) electrons. The van der Waals surface area contributed by atoms with Gasteiger partial charge in [0.05, 0.1) is 0 Å². The molecule has 0 saturated heterocycles. The van der Waals surface area contributed by atoms with E-state index < -0.39 is 13.5 Å². The monoisotopic (exact) mass is 273 g/mol. The summed E-state index contributed by atoms with van der Waals surface area (Å²) in [6.07, 6.45) is -0.587. The molecule has 20 heavy (non-hydrogen) atoms. The molecule has 0 saturated carbocycles. The highest BCUT2D eigenvalue weighted by atomic mass is 17.2. The summed E-state index contributed by atoms with van der Waals surface area (Å²) < 4.78 is 11.1. The van der Waals surface area contributed by atoms with Crippen molar-refractivity contribution in [1.82, 2.24) is 0 Å². The molecule has 0 bridgehead atoms. The van der Waals surface area contributed by atoms with Crippen molar-refractivity contribution in [3.05, 3.63) is 60.7 Å². The van der Waals surface area contributed by atoms with E-state index in [0.717, 1.165) is 0 Å². The molecule has 1 atom stereocenters. The van der Waals surface area contributed by atoms with Gasteiger partial charge in [-0.1, -0.05) is 36.4 Å². The molecule has 2 N–H and O–H groups in total. The van der Waals surface area contributed by atoms with Crippen LogP contribution in [0, 0.1) is 0 Å². The van der Waals surface area contributed by atoms with Gasteiger partial charge in [0.1, 0.15) is 17.7 Å². The topological polar surface area (TPSA) is 62.9 Å². The van der Waals surface area contributed by atoms with Crippen molar-refractivity contribution in [3.8, 4) is 11.5 Å². The van der Waals surface area contributed by atoms with E-state index in [1.807, 2.05) is 36.4 Å². The van der Waals surface area contributed by atoms with Crippen molar-refractivity contribution in [2.45, 2.75) is 13.2 Å². The lowest BCUT2D eigenvalue weighted by Crippen LogP contribution is -2.36. The Morgan fingerprint density at radius 1 is 0.850 bits per heavy atom. The van der Waals surface area contributed by atoms with Crippen LogP contribution in [0.4, 0.5) is 0 Å². The molecule has 0 heterocycles. The lowest BCUT2D eigenvalue weighted by Gasteiger charge is -2.16. The van der Waals surface area contributed by atoms with Gasteiger partial charge in [0.25, 0.3) is 0 Å². The molecule has 0 amide bonds. The van der Waals surface area contributed by atoms with Crippen LogP contribution < -0.4 is 15.0 Å². The zero-order valence-corrected chi connectivity index (χ0v) is 11.1. The molecule has 0 fully saturated rings. The van der Waals surface area contributed by atoms with Gasteiger partial charge in [-0.3, -0.25) is 0 Å². The van der Waals surface area contributed by atoms with Gasteiger partial charge in [-0.2, -0.15) is 0 Å². The molecule has 2 aromatic carbocycles. The van der Waals surface area contributed by atoms with Crippen molar-refractivity contribution in [2.24, 2.45) is 5.73 Å². The average molecular weight is 273 g/mol. The molecular weight excluding hydrogens is 257 g/mol. The normalized spacial score (nSPS) is 11.7. The van der Waals surface area contributed by atoms with Crippen LogP contribution in [0.25, 0.3) is 0 Å². The fourth-order valence-corrected chi connectivity index (χ4v) is 1.42. The van der Waals surface area contributed by atoms with Gasteiger partial charge in [-0.15, -0.1) is 0 Å². The van der Waals surface area contributed by atoms with Crippen molar-refractivity contribution in [2.75, 3.05) is 0 Å². The van der Waals surface area contributed by atoms with E-state index in [-0.39, 0.29) is 0 Å². The number of nitrogens with two attached hydrogens (primary N) is 1. The summed E-state index contributed by atoms with van der Waals surface area (Å²) in [6.45, 7) is 1.64. The van der Waals surface area contributed by atoms with Crippen LogP contribution in [0.5, 0.6) is 11.5 Å². The third-order valence-electron chi connectivity index (χ3n) is 2.24. The Hall–Kier alpha value is -2.02. The highest BCUT2D eigenvalue weighted by Gasteiger charge is 2.29. The molecule has 0 spiro atoms. The SMILES string of the molecule is CC(N)OOB(Oc1ccccc1)Oc1ccccc1. The van der Waals surface area contributed by atoms with E-state index in [4.69, 9.17) is 24.7 Å². The summed E-state index contributed by atoms with van der Waals surface area (Å²) in [4.78, 5) is 9.92. The van der Waals surface area contributed by atoms with Gasteiger partial charge < -0.3 is 15.0 Å². The van der Waals surface area contributed by atoms with E-state index in [9.17, 15) is 0 Å². The van der Waals surface area contributed by atoms with Crippen LogP contribution in [-0.2, 0) is 9.69 Å². The number of hydrogen-bond acceptors (Lipinski definition) is 5. The number of rotatable bonds is 7. The quantitative estimate of drug-likeness (QED) is 0.363. The van der Waals surface area contributed by atoms with Crippen LogP contribution in [0.15, 0.2) is 60.7 Å². The molecule has 0 aliphatic heterocycles. The molecule has 1 unspecified atom stereocenters. The van der Waals surface area contributed by atoms with Crippen LogP contribution in [0.3, 0.4) is 0 Å². The van der Waals surface area contributed by atoms with E-state index in [0.29, 0.717) is 11.5 Å². The van der Waals surface area contributed by atoms with Crippen molar-refractivity contribution in [1.29, 1.82) is 0 Å². The summed E-state index contributed by atoms with van der Waals surface area (Å²) in [5, 5.41) is 0. The first kappa shape index (κ1) is 14.4. The Balaban J connectivity index is 2.00. The third kappa shape index (κ3) is 4.93. The number of para-hydroxylation sites is 2. The largest absolute Gasteiger partial charge is 0.816 e. The van der Waals surface area contributed by atoms with Gasteiger partial charge in [0.15, 0.2) is 0 Å². The van der Waals surface area contributed by atoms with E-state index >= 15 is 0 Å². The van der Waals surface area contributed by atoms with Gasteiger partial charge in [0.2, 0.25) is 0 Å². The summed E-state index contributed by atoms with van der Waals surface area (Å²) in [7, 11) is -1.05. The summed E-state index contributed by atoms with van der Waals surface area (Å²) in [5.41, 5.74) is 5.47. The first-order chi connectivity index (χ1) is 9.74. The first-order valence-corrected chi connectivity index (χ1v) is 6.25. The van der Waals surface area contributed by atoms with E-state index in [1.54, 1.807) is 31.2 Å². The summed E-state index contributed by atoms with van der Waals surface area (Å²) in [5.74, 6) is 1.20. The van der Waals surface area contributed by atoms with Gasteiger partial charge in [-0.25, -0.2) is 9.69 Å². The molecule has 2 aromatic rings. The van der Waals surface area contributed by atoms with Gasteiger partial charge in [-0.05, 0) is 31.2 Å². The summed E-state index contributed by atoms with van der Waals surface area (Å²) >= 11 is 0. The minimum absolute atomic E-state index is 0.587. The van der Waals surface area contributed by atoms with Crippen molar-refractivity contribution < 1.29 is 19.0 Å². The van der Waals surface area contributed by atoms with Crippen LogP contribution in [0.2, 0.25) is 0 Å². The zero-order chi connectivity index (χ0) is 14.2. The van der Waals surface area contributed by atoms with Crippen molar-refractivity contribution >= 4 is 7.32 Å². The average Bonchev–Trinajstić information content (AvgIpc) is 2.47. The van der Waals surface area contributed by atoms with Crippen LogP contribution >= 0.6 is 0 Å². The molecule has 0 aliphatic carbocycles. The highest BCUT2D eigenvalue weighted by Crippen LogP contribution is 2.14. The maximum absolute atomic E-state index is 5.54. The first-order valence-electron chi connectivity index (χ1n) is 6.25. The molecular formula is C14H16BNO4. The Morgan fingerprint density at radius 2 is 1.30 bits per heavy atom. The second-order valence-corrected chi connectivity index (χ2v) is 4.05. The zero-order valence-electron chi connectivity index (χ0n) is 11.1. The fraction of sp³-hybridized carbons (Fsp3) is 0.143. The Morgan fingerprint density at radius 3 is 1.70 bits per heavy atom. The molecule has 6 heteroatoms. The predicted molar refractivity (Wildman–Crippen MR) is 75.7 cm³/mol. The molecule has 5 nitrogen and oxygen atoms in total. The van der Waals surface area contributed by atoms with Gasteiger partial charge in [0, 0.05) is 0 Å². The molecule has 104 valence electrons. The highest BCUT2D eigenvalue weighted by molar-refractivity contribution is 6.38. The smallest absolute Gasteiger partial charge is 0.499 e. The van der Waals surface area contributed by atoms with Gasteiger partial charge >= 0.3 is 7.32 Å². The number of benzene rings is 2. The maximum Gasteiger partial charge on any atom is 0.816 e. The third-order valence-corrected chi connectivity index (χ3v) is 2.24. The lowest BCUT2D eigenvalue weighted by atomic mass is 10.2. The Kier molecular flexibility index (Phi) is 5.43.